The first-order chi connectivity index (χ1) is 42.8. The maximum atomic E-state index is 12.8. The van der Waals surface area contributed by atoms with E-state index in [9.17, 15) is 19.0 Å². The molecule has 0 bridgehead atoms. The van der Waals surface area contributed by atoms with Gasteiger partial charge >= 0.3 is 19.8 Å². The molecular weight excluding hydrogens is 1100 g/mol. The highest BCUT2D eigenvalue weighted by atomic mass is 31.2. The van der Waals surface area contributed by atoms with E-state index in [0.717, 1.165) is 180 Å². The van der Waals surface area contributed by atoms with Crippen LogP contribution in [0.5, 0.6) is 0 Å². The molecule has 0 spiro atoms. The van der Waals surface area contributed by atoms with Gasteiger partial charge < -0.3 is 20.1 Å². The van der Waals surface area contributed by atoms with E-state index >= 15 is 0 Å². The third kappa shape index (κ3) is 69.3. The van der Waals surface area contributed by atoms with Crippen LogP contribution in [0.2, 0.25) is 0 Å². The number of carbonyl (C=O) groups excluding carboxylic acids is 2. The molecule has 0 aliphatic rings. The Labute approximate surface area is 531 Å². The number of ether oxygens (including phenoxy) is 2. The monoisotopic (exact) mass is 1220 g/mol. The lowest BCUT2D eigenvalue weighted by atomic mass is 10.1. The number of allylic oxidation sites excluding steroid dienone is 36. The summed E-state index contributed by atoms with van der Waals surface area (Å²) in [6, 6.07) is 0. The number of phosphoric acid groups is 1. The molecule has 9 nitrogen and oxygen atoms in total. The highest BCUT2D eigenvalue weighted by Gasteiger charge is 2.26. The highest BCUT2D eigenvalue weighted by Crippen LogP contribution is 2.43. The number of hydrogen-bond acceptors (Lipinski definition) is 8. The number of carbonyl (C=O) groups is 2. The van der Waals surface area contributed by atoms with Gasteiger partial charge in [-0.1, -0.05) is 271 Å². The number of unbranched alkanes of at least 4 members (excludes halogenated alkanes) is 10. The van der Waals surface area contributed by atoms with Gasteiger partial charge in [0.15, 0.2) is 6.10 Å². The van der Waals surface area contributed by atoms with E-state index in [0.29, 0.717) is 12.8 Å². The zero-order chi connectivity index (χ0) is 63.0. The van der Waals surface area contributed by atoms with E-state index in [-0.39, 0.29) is 32.6 Å². The second-order valence-electron chi connectivity index (χ2n) is 20.9. The number of phosphoric ester groups is 1. The van der Waals surface area contributed by atoms with Crippen LogP contribution in [0.25, 0.3) is 0 Å². The summed E-state index contributed by atoms with van der Waals surface area (Å²) in [5.41, 5.74) is 5.39. The van der Waals surface area contributed by atoms with Crippen molar-refractivity contribution in [3.05, 3.63) is 219 Å². The topological polar surface area (TPSA) is 134 Å². The molecule has 0 amide bonds. The molecule has 0 aromatic rings. The lowest BCUT2D eigenvalue weighted by Gasteiger charge is -2.19. The van der Waals surface area contributed by atoms with Gasteiger partial charge in [-0.25, -0.2) is 4.57 Å². The van der Waals surface area contributed by atoms with Crippen molar-refractivity contribution in [3.8, 4) is 0 Å². The lowest BCUT2D eigenvalue weighted by molar-refractivity contribution is -0.161. The molecule has 0 aromatic heterocycles. The molecule has 0 aromatic carbocycles. The lowest BCUT2D eigenvalue weighted by Crippen LogP contribution is -2.29. The van der Waals surface area contributed by atoms with Crippen LogP contribution in [-0.4, -0.2) is 49.3 Å². The summed E-state index contributed by atoms with van der Waals surface area (Å²) < 4.78 is 33.1. The van der Waals surface area contributed by atoms with Gasteiger partial charge in [0.1, 0.15) is 6.61 Å². The van der Waals surface area contributed by atoms with E-state index in [1.165, 1.54) is 0 Å². The van der Waals surface area contributed by atoms with Crippen LogP contribution in [0.3, 0.4) is 0 Å². The van der Waals surface area contributed by atoms with Crippen LogP contribution < -0.4 is 5.73 Å². The van der Waals surface area contributed by atoms with Crippen molar-refractivity contribution >= 4 is 19.8 Å². The quantitative estimate of drug-likeness (QED) is 0.0264. The highest BCUT2D eigenvalue weighted by molar-refractivity contribution is 7.47. The number of nitrogens with two attached hydrogens (primary N) is 1. The standard InChI is InChI=1S/C77H118NO8P/c1-3-5-7-9-11-13-15-17-19-21-23-25-27-29-31-33-34-35-36-37-38-39-40-42-44-46-48-50-52-54-56-58-60-62-64-66-68-70-77(80)86-75(74-85-87(81,82)84-72-71-78)73-83-76(79)69-67-65-63-61-59-57-55-53-51-49-47-45-43-41-32-30-28-26-24-22-20-18-16-14-12-10-8-6-4-2/h5-8,11-14,17-20,23-26,29-32,34-35,37-38,40,42-43,45-46,48-49,51-52,54-55,57,75H,3-4,9-10,15-16,21-22,27-28,33,36,39,41,44,47,50,53,56,58-74,78H2,1-2H3,(H,81,82)/b7-5-,8-6-,13-11-,14-12-,19-17-,20-18-,25-23-,26-24-,31-29-,32-30-,35-34-,38-37-,42-40-,45-43-,48-46-,51-49-,54-52-,57-55-. The van der Waals surface area contributed by atoms with E-state index in [4.69, 9.17) is 24.3 Å². The average Bonchev–Trinajstić information content (AvgIpc) is 3.65. The van der Waals surface area contributed by atoms with Crippen LogP contribution in [0.4, 0.5) is 0 Å². The molecule has 0 fully saturated rings. The molecule has 0 rings (SSSR count). The molecule has 2 atom stereocenters. The Bertz CT molecular complexity index is 2220. The first-order valence-electron chi connectivity index (χ1n) is 33.2. The Morgan fingerprint density at radius 1 is 0.345 bits per heavy atom. The van der Waals surface area contributed by atoms with Gasteiger partial charge in [-0.15, -0.1) is 0 Å². The minimum atomic E-state index is -4.42. The molecule has 87 heavy (non-hydrogen) atoms. The maximum absolute atomic E-state index is 12.8. The van der Waals surface area contributed by atoms with Crippen molar-refractivity contribution in [2.45, 2.75) is 225 Å². The average molecular weight is 1220 g/mol. The van der Waals surface area contributed by atoms with Crippen molar-refractivity contribution in [2.24, 2.45) is 5.73 Å². The van der Waals surface area contributed by atoms with Crippen LogP contribution in [0, 0.1) is 0 Å². The Kier molecular flexibility index (Phi) is 64.9. The third-order valence-corrected chi connectivity index (χ3v) is 13.8. The Hall–Kier alpha value is -5.67. The molecule has 0 aliphatic carbocycles. The third-order valence-electron chi connectivity index (χ3n) is 12.9. The Morgan fingerprint density at radius 3 is 0.885 bits per heavy atom. The molecule has 0 radical (unpaired) electrons. The molecule has 484 valence electrons. The summed E-state index contributed by atoms with van der Waals surface area (Å²) in [5, 5.41) is 0. The predicted octanol–water partition coefficient (Wildman–Crippen LogP) is 22.1. The summed E-state index contributed by atoms with van der Waals surface area (Å²) in [6.45, 7) is 3.43. The van der Waals surface area contributed by atoms with Gasteiger partial charge in [0.05, 0.1) is 13.2 Å². The van der Waals surface area contributed by atoms with Gasteiger partial charge in [-0.3, -0.25) is 18.6 Å². The van der Waals surface area contributed by atoms with Gasteiger partial charge in [0, 0.05) is 19.4 Å². The molecule has 0 aliphatic heterocycles. The summed E-state index contributed by atoms with van der Waals surface area (Å²) in [5.74, 6) is -0.894. The summed E-state index contributed by atoms with van der Waals surface area (Å²) in [7, 11) is -4.42. The second kappa shape index (κ2) is 69.4. The number of esters is 2. The van der Waals surface area contributed by atoms with Gasteiger partial charge in [-0.2, -0.15) is 0 Å². The van der Waals surface area contributed by atoms with Crippen LogP contribution >= 0.6 is 7.82 Å². The molecule has 0 heterocycles. The van der Waals surface area contributed by atoms with Crippen LogP contribution in [0.15, 0.2) is 219 Å². The first-order valence-corrected chi connectivity index (χ1v) is 34.7. The van der Waals surface area contributed by atoms with E-state index in [1.54, 1.807) is 0 Å². The minimum Gasteiger partial charge on any atom is -0.462 e. The van der Waals surface area contributed by atoms with Crippen molar-refractivity contribution in [1.82, 2.24) is 0 Å². The summed E-state index contributed by atoms with van der Waals surface area (Å²) in [6.07, 6.45) is 109. The van der Waals surface area contributed by atoms with Crippen molar-refractivity contribution in [3.63, 3.8) is 0 Å². The zero-order valence-corrected chi connectivity index (χ0v) is 55.0. The smallest absolute Gasteiger partial charge is 0.462 e. The van der Waals surface area contributed by atoms with Crippen LogP contribution in [0.1, 0.15) is 219 Å². The number of hydrogen-bond donors (Lipinski definition) is 2. The largest absolute Gasteiger partial charge is 0.472 e. The van der Waals surface area contributed by atoms with Gasteiger partial charge in [0.25, 0.3) is 0 Å². The van der Waals surface area contributed by atoms with Crippen molar-refractivity contribution in [1.29, 1.82) is 0 Å². The SMILES string of the molecule is CC/C=C\C/C=C\C/C=C\C/C=C\C/C=C\C/C=C\C/C=C\C/C=C\C/C=C\C/C=C\CCCCCCCCC(=O)OC(COC(=O)CCCCCC/C=C\C/C=C\C/C=C\C/C=C\C/C=C\C/C=C\C/C=C\C/C=C\CC)COP(=O)(O)OCCN. The summed E-state index contributed by atoms with van der Waals surface area (Å²) >= 11 is 0. The predicted molar refractivity (Wildman–Crippen MR) is 375 cm³/mol. The van der Waals surface area contributed by atoms with Crippen molar-refractivity contribution in [2.75, 3.05) is 26.4 Å². The second-order valence-corrected chi connectivity index (χ2v) is 22.3. The molecule has 10 heteroatoms. The Balaban J connectivity index is 4.11. The summed E-state index contributed by atoms with van der Waals surface area (Å²) in [4.78, 5) is 35.3. The Morgan fingerprint density at radius 2 is 0.598 bits per heavy atom. The zero-order valence-electron chi connectivity index (χ0n) is 54.1. The van der Waals surface area contributed by atoms with E-state index in [1.807, 2.05) is 0 Å². The van der Waals surface area contributed by atoms with E-state index in [2.05, 4.69) is 233 Å². The molecule has 2 unspecified atom stereocenters. The fraction of sp³-hybridized carbons (Fsp3) is 0.506. The fourth-order valence-corrected chi connectivity index (χ4v) is 8.80. The normalized spacial score (nSPS) is 14.4. The van der Waals surface area contributed by atoms with E-state index < -0.39 is 32.5 Å². The fourth-order valence-electron chi connectivity index (χ4n) is 8.03. The minimum absolute atomic E-state index is 0.0340. The van der Waals surface area contributed by atoms with Crippen molar-refractivity contribution < 1.29 is 37.6 Å². The maximum Gasteiger partial charge on any atom is 0.472 e. The first kappa shape index (κ1) is 81.3. The van der Waals surface area contributed by atoms with Crippen LogP contribution in [-0.2, 0) is 32.7 Å². The van der Waals surface area contributed by atoms with Gasteiger partial charge in [-0.05, 0) is 154 Å². The molecule has 0 saturated heterocycles. The van der Waals surface area contributed by atoms with Gasteiger partial charge in [0.2, 0.25) is 0 Å². The molecule has 3 N–H and O–H groups in total. The molecular formula is C77H118NO8P. The molecule has 0 saturated carbocycles. The number of rotatable bonds is 59.